The van der Waals surface area contributed by atoms with Gasteiger partial charge in [-0.05, 0) is 61.7 Å². The first-order valence-electron chi connectivity index (χ1n) is 11.5. The maximum absolute atomic E-state index is 13.9. The van der Waals surface area contributed by atoms with E-state index in [9.17, 15) is 9.59 Å². The summed E-state index contributed by atoms with van der Waals surface area (Å²) in [6.45, 7) is 4.92. The molecule has 8 heteroatoms. The molecule has 0 saturated carbocycles. The number of anilines is 1. The second-order valence-corrected chi connectivity index (χ2v) is 9.53. The number of ether oxygens (including phenoxy) is 2. The molecule has 1 aliphatic rings. The standard InChI is InChI=1S/C27H27N3O4S/c1-4-34-21-11-9-20(10-12-21)30-24(31)22-15-18-13-14-35-25(18)29(22)17-27(30,2)26(32)28-16-19-7-5-6-8-23(19)33-3/h5-15H,4,16-17H2,1-3H3,(H,28,32)/t27-/m0/s1. The van der Waals surface area contributed by atoms with Gasteiger partial charge >= 0.3 is 0 Å². The van der Waals surface area contributed by atoms with Crippen LogP contribution >= 0.6 is 11.3 Å². The smallest absolute Gasteiger partial charge is 0.275 e. The molecule has 2 amide bonds. The number of benzene rings is 2. The molecular formula is C27H27N3O4S. The summed E-state index contributed by atoms with van der Waals surface area (Å²) in [6, 6.07) is 18.8. The van der Waals surface area contributed by atoms with Crippen LogP contribution in [0, 0.1) is 0 Å². The Hall–Kier alpha value is -3.78. The van der Waals surface area contributed by atoms with Crippen LogP contribution in [0.2, 0.25) is 0 Å². The van der Waals surface area contributed by atoms with Crippen LogP contribution in [0.3, 0.4) is 0 Å². The van der Waals surface area contributed by atoms with Crippen LogP contribution in [0.1, 0.15) is 29.9 Å². The van der Waals surface area contributed by atoms with Gasteiger partial charge in [0, 0.05) is 23.2 Å². The lowest BCUT2D eigenvalue weighted by Gasteiger charge is -2.44. The lowest BCUT2D eigenvalue weighted by atomic mass is 9.93. The fraction of sp³-hybridized carbons (Fsp3) is 0.259. The number of carbonyl (C=O) groups is 2. The van der Waals surface area contributed by atoms with Gasteiger partial charge in [-0.1, -0.05) is 18.2 Å². The number of amides is 2. The minimum Gasteiger partial charge on any atom is -0.496 e. The molecule has 4 aromatic rings. The summed E-state index contributed by atoms with van der Waals surface area (Å²) < 4.78 is 13.0. The van der Waals surface area contributed by atoms with Gasteiger partial charge < -0.3 is 19.4 Å². The Kier molecular flexibility index (Phi) is 5.98. The predicted molar refractivity (Wildman–Crippen MR) is 137 cm³/mol. The van der Waals surface area contributed by atoms with Gasteiger partial charge in [-0.3, -0.25) is 14.5 Å². The van der Waals surface area contributed by atoms with E-state index in [1.54, 1.807) is 23.3 Å². The Morgan fingerprint density at radius 2 is 1.91 bits per heavy atom. The highest BCUT2D eigenvalue weighted by molar-refractivity contribution is 7.16. The van der Waals surface area contributed by atoms with Crippen LogP contribution in [0.4, 0.5) is 5.69 Å². The van der Waals surface area contributed by atoms with E-state index in [4.69, 9.17) is 9.47 Å². The van der Waals surface area contributed by atoms with Crippen molar-refractivity contribution in [1.29, 1.82) is 0 Å². The first-order valence-corrected chi connectivity index (χ1v) is 12.4. The van der Waals surface area contributed by atoms with Gasteiger partial charge in [0.2, 0.25) is 5.91 Å². The molecule has 35 heavy (non-hydrogen) atoms. The average molecular weight is 490 g/mol. The summed E-state index contributed by atoms with van der Waals surface area (Å²) in [5.74, 6) is 0.967. The largest absolute Gasteiger partial charge is 0.496 e. The second-order valence-electron chi connectivity index (χ2n) is 8.63. The molecule has 0 aliphatic carbocycles. The van der Waals surface area contributed by atoms with Crippen molar-refractivity contribution in [3.8, 4) is 11.5 Å². The Balaban J connectivity index is 1.53. The van der Waals surface area contributed by atoms with Gasteiger partial charge in [-0.15, -0.1) is 11.3 Å². The number of hydrogen-bond acceptors (Lipinski definition) is 5. The fourth-order valence-corrected chi connectivity index (χ4v) is 5.57. The Morgan fingerprint density at radius 3 is 2.66 bits per heavy atom. The van der Waals surface area contributed by atoms with Gasteiger partial charge in [-0.2, -0.15) is 0 Å². The van der Waals surface area contributed by atoms with Crippen LogP contribution in [0.15, 0.2) is 66.0 Å². The highest BCUT2D eigenvalue weighted by atomic mass is 32.1. The van der Waals surface area contributed by atoms with Crippen molar-refractivity contribution in [2.45, 2.75) is 32.5 Å². The predicted octanol–water partition coefficient (Wildman–Crippen LogP) is 4.85. The van der Waals surface area contributed by atoms with E-state index in [0.717, 1.165) is 15.8 Å². The second kappa shape index (κ2) is 9.11. The van der Waals surface area contributed by atoms with Crippen molar-refractivity contribution in [3.63, 3.8) is 0 Å². The number of carbonyl (C=O) groups excluding carboxylic acids is 2. The van der Waals surface area contributed by atoms with E-state index in [2.05, 4.69) is 5.32 Å². The van der Waals surface area contributed by atoms with Crippen LogP contribution in [0.5, 0.6) is 11.5 Å². The monoisotopic (exact) mass is 489 g/mol. The number of methoxy groups -OCH3 is 1. The summed E-state index contributed by atoms with van der Waals surface area (Å²) >= 11 is 1.57. The van der Waals surface area contributed by atoms with Crippen LogP contribution in [-0.4, -0.2) is 35.6 Å². The van der Waals surface area contributed by atoms with E-state index in [-0.39, 0.29) is 18.4 Å². The van der Waals surface area contributed by atoms with E-state index in [1.165, 1.54) is 0 Å². The molecular weight excluding hydrogens is 462 g/mol. The SMILES string of the molecule is CCOc1ccc(N2C(=O)c3cc4ccsc4n3C[C@@]2(C)C(=O)NCc2ccccc2OC)cc1. The topological polar surface area (TPSA) is 72.8 Å². The Labute approximate surface area is 207 Å². The summed E-state index contributed by atoms with van der Waals surface area (Å²) in [5.41, 5.74) is 0.929. The maximum Gasteiger partial charge on any atom is 0.275 e. The zero-order valence-corrected chi connectivity index (χ0v) is 20.7. The third kappa shape index (κ3) is 3.93. The number of para-hydroxylation sites is 1. The van der Waals surface area contributed by atoms with Gasteiger partial charge in [0.1, 0.15) is 27.6 Å². The molecule has 2 aromatic carbocycles. The normalized spacial score (nSPS) is 17.3. The lowest BCUT2D eigenvalue weighted by molar-refractivity contribution is -0.126. The van der Waals surface area contributed by atoms with Crippen molar-refractivity contribution in [2.75, 3.05) is 18.6 Å². The number of aromatic nitrogens is 1. The molecule has 5 rings (SSSR count). The number of fused-ring (bicyclic) bond motifs is 3. The lowest BCUT2D eigenvalue weighted by Crippen LogP contribution is -2.64. The molecule has 0 spiro atoms. The third-order valence-corrected chi connectivity index (χ3v) is 7.36. The molecule has 1 N–H and O–H groups in total. The average Bonchev–Trinajstić information content (AvgIpc) is 3.46. The van der Waals surface area contributed by atoms with Gasteiger partial charge in [-0.25, -0.2) is 0 Å². The molecule has 2 aromatic heterocycles. The van der Waals surface area contributed by atoms with E-state index < -0.39 is 5.54 Å². The van der Waals surface area contributed by atoms with Crippen molar-refractivity contribution in [1.82, 2.24) is 9.88 Å². The molecule has 0 unspecified atom stereocenters. The van der Waals surface area contributed by atoms with Crippen molar-refractivity contribution < 1.29 is 19.1 Å². The first kappa shape index (κ1) is 23.0. The number of nitrogens with one attached hydrogen (secondary N) is 1. The van der Waals surface area contributed by atoms with Gasteiger partial charge in [0.15, 0.2) is 0 Å². The number of hydrogen-bond donors (Lipinski definition) is 1. The van der Waals surface area contributed by atoms with E-state index >= 15 is 0 Å². The summed E-state index contributed by atoms with van der Waals surface area (Å²) in [6.07, 6.45) is 0. The summed E-state index contributed by atoms with van der Waals surface area (Å²) in [7, 11) is 1.61. The zero-order chi connectivity index (χ0) is 24.6. The van der Waals surface area contributed by atoms with Crippen molar-refractivity contribution >= 4 is 39.1 Å². The molecule has 180 valence electrons. The fourth-order valence-electron chi connectivity index (χ4n) is 4.68. The summed E-state index contributed by atoms with van der Waals surface area (Å²) in [5, 5.41) is 6.06. The molecule has 0 fully saturated rings. The van der Waals surface area contributed by atoms with Crippen molar-refractivity contribution in [2.24, 2.45) is 0 Å². The van der Waals surface area contributed by atoms with Gasteiger partial charge in [0.25, 0.3) is 5.91 Å². The van der Waals surface area contributed by atoms with Crippen molar-refractivity contribution in [3.05, 3.63) is 77.3 Å². The van der Waals surface area contributed by atoms with Gasteiger partial charge in [0.05, 0.1) is 20.3 Å². The minimum atomic E-state index is -1.16. The zero-order valence-electron chi connectivity index (χ0n) is 19.9. The van der Waals surface area contributed by atoms with E-state index in [1.807, 2.05) is 84.5 Å². The third-order valence-electron chi connectivity index (χ3n) is 6.41. The molecule has 1 atom stereocenters. The highest BCUT2D eigenvalue weighted by Gasteiger charge is 2.48. The molecule has 0 bridgehead atoms. The Bertz CT molecular complexity index is 1390. The molecule has 0 radical (unpaired) electrons. The quantitative estimate of drug-likeness (QED) is 0.403. The Morgan fingerprint density at radius 1 is 1.14 bits per heavy atom. The van der Waals surface area contributed by atoms with Crippen LogP contribution in [0.25, 0.3) is 10.2 Å². The molecule has 7 nitrogen and oxygen atoms in total. The summed E-state index contributed by atoms with van der Waals surface area (Å²) in [4.78, 5) is 30.3. The first-order chi connectivity index (χ1) is 17.0. The number of thiophene rings is 1. The minimum absolute atomic E-state index is 0.209. The molecule has 0 saturated heterocycles. The van der Waals surface area contributed by atoms with Crippen LogP contribution < -0.4 is 19.7 Å². The molecule has 1 aliphatic heterocycles. The van der Waals surface area contributed by atoms with E-state index in [0.29, 0.717) is 36.0 Å². The number of rotatable bonds is 7. The highest BCUT2D eigenvalue weighted by Crippen LogP contribution is 2.38. The maximum atomic E-state index is 13.9. The molecule has 3 heterocycles. The number of nitrogens with zero attached hydrogens (tertiary/aromatic N) is 2. The van der Waals surface area contributed by atoms with Crippen LogP contribution in [-0.2, 0) is 17.9 Å².